The van der Waals surface area contributed by atoms with E-state index in [2.05, 4.69) is 51.5 Å². The van der Waals surface area contributed by atoms with Crippen molar-refractivity contribution in [1.82, 2.24) is 4.90 Å². The van der Waals surface area contributed by atoms with Crippen LogP contribution in [-0.2, 0) is 13.0 Å². The van der Waals surface area contributed by atoms with Crippen molar-refractivity contribution in [2.45, 2.75) is 13.0 Å². The Balaban J connectivity index is 1.70. The summed E-state index contributed by atoms with van der Waals surface area (Å²) in [6.45, 7) is 3.23. The van der Waals surface area contributed by atoms with E-state index in [1.165, 1.54) is 10.4 Å². The van der Waals surface area contributed by atoms with Gasteiger partial charge in [-0.25, -0.2) is 0 Å². The molecule has 2 N–H and O–H groups in total. The van der Waals surface area contributed by atoms with Gasteiger partial charge in [0.1, 0.15) is 12.4 Å². The molecule has 0 spiro atoms. The van der Waals surface area contributed by atoms with Gasteiger partial charge < -0.3 is 10.5 Å². The van der Waals surface area contributed by atoms with E-state index >= 15 is 0 Å². The summed E-state index contributed by atoms with van der Waals surface area (Å²) in [6.07, 6.45) is 0.916. The van der Waals surface area contributed by atoms with Crippen LogP contribution in [0, 0.1) is 0 Å². The Labute approximate surface area is 138 Å². The quantitative estimate of drug-likeness (QED) is 0.774. The van der Waals surface area contributed by atoms with Crippen molar-refractivity contribution in [3.63, 3.8) is 0 Å². The first-order chi connectivity index (χ1) is 10.2. The number of likely N-dealkylation sites (N-methyl/N-ethyl adjacent to an activating group) is 1. The van der Waals surface area contributed by atoms with Gasteiger partial charge in [0, 0.05) is 27.8 Å². The summed E-state index contributed by atoms with van der Waals surface area (Å²) < 4.78 is 6.93. The smallest absolute Gasteiger partial charge is 0.119 e. The molecule has 114 valence electrons. The Morgan fingerprint density at radius 2 is 2.05 bits per heavy atom. The number of thiophene rings is 1. The predicted molar refractivity (Wildman–Crippen MR) is 93.0 cm³/mol. The standard InChI is InChI=1S/C16H21BrN2OS/c1-19(11-16-10-14(17)12-21-16)8-9-20-15-4-2-13(3-5-15)6-7-18/h2-5,10,12H,6-9,11,18H2,1H3. The van der Waals surface area contributed by atoms with Crippen molar-refractivity contribution in [2.24, 2.45) is 5.73 Å². The third kappa shape index (κ3) is 5.79. The van der Waals surface area contributed by atoms with Crippen LogP contribution in [0.3, 0.4) is 0 Å². The number of benzene rings is 1. The highest BCUT2D eigenvalue weighted by Crippen LogP contribution is 2.20. The van der Waals surface area contributed by atoms with Gasteiger partial charge in [-0.1, -0.05) is 12.1 Å². The molecule has 1 aromatic heterocycles. The average Bonchev–Trinajstić information content (AvgIpc) is 2.86. The molecule has 0 amide bonds. The van der Waals surface area contributed by atoms with Crippen LogP contribution in [0.15, 0.2) is 40.2 Å². The minimum Gasteiger partial charge on any atom is -0.492 e. The molecule has 0 aliphatic carbocycles. The highest BCUT2D eigenvalue weighted by atomic mass is 79.9. The number of nitrogens with zero attached hydrogens (tertiary/aromatic N) is 1. The lowest BCUT2D eigenvalue weighted by Crippen LogP contribution is -2.23. The van der Waals surface area contributed by atoms with Crippen molar-refractivity contribution in [1.29, 1.82) is 0 Å². The maximum atomic E-state index is 5.77. The third-order valence-electron chi connectivity index (χ3n) is 3.15. The number of hydrogen-bond acceptors (Lipinski definition) is 4. The van der Waals surface area contributed by atoms with Crippen LogP contribution < -0.4 is 10.5 Å². The van der Waals surface area contributed by atoms with Crippen LogP contribution in [0.5, 0.6) is 5.75 Å². The number of ether oxygens (including phenoxy) is 1. The van der Waals surface area contributed by atoms with Crippen LogP contribution in [0.2, 0.25) is 0 Å². The fraction of sp³-hybridized carbons (Fsp3) is 0.375. The monoisotopic (exact) mass is 368 g/mol. The average molecular weight is 369 g/mol. The van der Waals surface area contributed by atoms with Crippen molar-refractivity contribution in [2.75, 3.05) is 26.7 Å². The molecule has 2 aromatic rings. The van der Waals surface area contributed by atoms with Crippen LogP contribution in [0.1, 0.15) is 10.4 Å². The Hall–Kier alpha value is -0.880. The lowest BCUT2D eigenvalue weighted by molar-refractivity contribution is 0.234. The van der Waals surface area contributed by atoms with Crippen molar-refractivity contribution < 1.29 is 4.74 Å². The van der Waals surface area contributed by atoms with E-state index in [0.717, 1.165) is 29.7 Å². The summed E-state index contributed by atoms with van der Waals surface area (Å²) in [5.74, 6) is 0.919. The summed E-state index contributed by atoms with van der Waals surface area (Å²) in [6, 6.07) is 10.4. The molecule has 3 nitrogen and oxygen atoms in total. The van der Waals surface area contributed by atoms with E-state index in [9.17, 15) is 0 Å². The predicted octanol–water partition coefficient (Wildman–Crippen LogP) is 3.52. The first-order valence-corrected chi connectivity index (χ1v) is 8.68. The maximum absolute atomic E-state index is 5.77. The number of halogens is 1. The number of nitrogens with two attached hydrogens (primary N) is 1. The zero-order chi connectivity index (χ0) is 15.1. The van der Waals surface area contributed by atoms with Gasteiger partial charge in [0.2, 0.25) is 0 Å². The summed E-state index contributed by atoms with van der Waals surface area (Å²) in [7, 11) is 2.11. The maximum Gasteiger partial charge on any atom is 0.119 e. The molecule has 0 fully saturated rings. The van der Waals surface area contributed by atoms with Crippen LogP contribution >= 0.6 is 27.3 Å². The lowest BCUT2D eigenvalue weighted by atomic mass is 10.1. The van der Waals surface area contributed by atoms with Crippen LogP contribution in [0.4, 0.5) is 0 Å². The molecule has 5 heteroatoms. The Morgan fingerprint density at radius 1 is 1.29 bits per heavy atom. The van der Waals surface area contributed by atoms with Gasteiger partial charge in [-0.3, -0.25) is 4.90 Å². The highest BCUT2D eigenvalue weighted by Gasteiger charge is 2.03. The highest BCUT2D eigenvalue weighted by molar-refractivity contribution is 9.10. The molecule has 1 aromatic carbocycles. The zero-order valence-electron chi connectivity index (χ0n) is 12.2. The third-order valence-corrected chi connectivity index (χ3v) is 4.83. The minimum absolute atomic E-state index is 0.684. The molecule has 1 heterocycles. The molecular weight excluding hydrogens is 348 g/mol. The minimum atomic E-state index is 0.684. The molecule has 0 saturated heterocycles. The van der Waals surface area contributed by atoms with Crippen LogP contribution in [-0.4, -0.2) is 31.6 Å². The second kappa shape index (κ2) is 8.54. The molecular formula is C16H21BrN2OS. The van der Waals surface area contributed by atoms with E-state index in [1.54, 1.807) is 11.3 Å². The second-order valence-electron chi connectivity index (χ2n) is 5.00. The normalized spacial score (nSPS) is 11.0. The molecule has 0 atom stereocenters. The summed E-state index contributed by atoms with van der Waals surface area (Å²) in [4.78, 5) is 3.62. The van der Waals surface area contributed by atoms with Crippen molar-refractivity contribution in [3.05, 3.63) is 50.6 Å². The molecule has 0 saturated carbocycles. The van der Waals surface area contributed by atoms with E-state index in [0.29, 0.717) is 13.2 Å². The first-order valence-electron chi connectivity index (χ1n) is 7.00. The molecule has 0 unspecified atom stereocenters. The van der Waals surface area contributed by atoms with Gasteiger partial charge in [0.25, 0.3) is 0 Å². The SMILES string of the molecule is CN(CCOc1ccc(CCN)cc1)Cc1cc(Br)cs1. The number of rotatable bonds is 8. The summed E-state index contributed by atoms with van der Waals surface area (Å²) >= 11 is 5.26. The Morgan fingerprint density at radius 3 is 2.67 bits per heavy atom. The lowest BCUT2D eigenvalue weighted by Gasteiger charge is -2.16. The van der Waals surface area contributed by atoms with Gasteiger partial charge in [-0.2, -0.15) is 0 Å². The van der Waals surface area contributed by atoms with E-state index < -0.39 is 0 Å². The fourth-order valence-corrected chi connectivity index (χ4v) is 3.55. The molecule has 0 bridgehead atoms. The van der Waals surface area contributed by atoms with Gasteiger partial charge in [-0.05, 0) is 59.7 Å². The van der Waals surface area contributed by atoms with Gasteiger partial charge in [0.15, 0.2) is 0 Å². The fourth-order valence-electron chi connectivity index (χ4n) is 2.02. The van der Waals surface area contributed by atoms with Crippen LogP contribution in [0.25, 0.3) is 0 Å². The van der Waals surface area contributed by atoms with E-state index in [4.69, 9.17) is 10.5 Å². The van der Waals surface area contributed by atoms with Gasteiger partial charge >= 0.3 is 0 Å². The van der Waals surface area contributed by atoms with E-state index in [-0.39, 0.29) is 0 Å². The van der Waals surface area contributed by atoms with Gasteiger partial charge in [-0.15, -0.1) is 11.3 Å². The summed E-state index contributed by atoms with van der Waals surface area (Å²) in [5, 5.41) is 2.11. The molecule has 0 aliphatic heterocycles. The largest absolute Gasteiger partial charge is 0.492 e. The van der Waals surface area contributed by atoms with Crippen molar-refractivity contribution in [3.8, 4) is 5.75 Å². The topological polar surface area (TPSA) is 38.5 Å². The first kappa shape index (κ1) is 16.5. The second-order valence-corrected chi connectivity index (χ2v) is 6.91. The molecule has 21 heavy (non-hydrogen) atoms. The molecule has 0 radical (unpaired) electrons. The summed E-state index contributed by atoms with van der Waals surface area (Å²) in [5.41, 5.74) is 6.79. The molecule has 0 aliphatic rings. The van der Waals surface area contributed by atoms with Gasteiger partial charge in [0.05, 0.1) is 0 Å². The van der Waals surface area contributed by atoms with E-state index in [1.807, 2.05) is 12.1 Å². The van der Waals surface area contributed by atoms with Crippen molar-refractivity contribution >= 4 is 27.3 Å². The molecule has 2 rings (SSSR count). The zero-order valence-corrected chi connectivity index (χ0v) is 14.6. The Kier molecular flexibility index (Phi) is 6.70. The number of hydrogen-bond donors (Lipinski definition) is 1. The Bertz CT molecular complexity index is 541.